The Morgan fingerprint density at radius 1 is 1.46 bits per heavy atom. The van der Waals surface area contributed by atoms with Gasteiger partial charge in [0.25, 0.3) is 0 Å². The summed E-state index contributed by atoms with van der Waals surface area (Å²) in [7, 11) is 1.43. The van der Waals surface area contributed by atoms with Crippen molar-refractivity contribution in [3.8, 4) is 0 Å². The summed E-state index contributed by atoms with van der Waals surface area (Å²) in [5.74, 6) is -0.245. The van der Waals surface area contributed by atoms with Gasteiger partial charge in [-0.05, 0) is 31.4 Å². The number of aliphatic hydroxyl groups is 1. The standard InChI is InChI=1S/C21H24N2O3/c1-3-12-10-23-17-9-15(12)21(11-24,20(25)26-2)18(23)8-14-13-6-4-5-7-16(13)22-19(14)17/h3-7,15,17-18,22,24H,8-11H2,1-2H3/b12-3-/t15-,17-,18?,21+/m0/s1. The number of benzene rings is 1. The number of ether oxygens (including phenoxy) is 1. The number of piperidine rings is 3. The lowest BCUT2D eigenvalue weighted by atomic mass is 9.55. The van der Waals surface area contributed by atoms with Crippen LogP contribution < -0.4 is 0 Å². The Morgan fingerprint density at radius 2 is 2.27 bits per heavy atom. The van der Waals surface area contributed by atoms with E-state index < -0.39 is 5.41 Å². The van der Waals surface area contributed by atoms with Gasteiger partial charge in [-0.2, -0.15) is 0 Å². The lowest BCUT2D eigenvalue weighted by Gasteiger charge is -2.62. The number of aliphatic hydroxyl groups excluding tert-OH is 1. The predicted molar refractivity (Wildman–Crippen MR) is 98.6 cm³/mol. The molecule has 4 aliphatic heterocycles. The molecule has 3 saturated heterocycles. The third kappa shape index (κ3) is 1.75. The maximum atomic E-state index is 12.9. The molecule has 5 heteroatoms. The van der Waals surface area contributed by atoms with Crippen molar-refractivity contribution in [1.82, 2.24) is 9.88 Å². The van der Waals surface area contributed by atoms with Crippen LogP contribution in [0.3, 0.4) is 0 Å². The number of methoxy groups -OCH3 is 1. The summed E-state index contributed by atoms with van der Waals surface area (Å²) >= 11 is 0. The number of aromatic amines is 1. The quantitative estimate of drug-likeness (QED) is 0.644. The first-order valence-corrected chi connectivity index (χ1v) is 9.35. The fraction of sp³-hybridized carbons (Fsp3) is 0.476. The monoisotopic (exact) mass is 352 g/mol. The maximum absolute atomic E-state index is 12.9. The summed E-state index contributed by atoms with van der Waals surface area (Å²) in [6.45, 7) is 2.72. The number of carbonyl (C=O) groups excluding carboxylic acids is 1. The second kappa shape index (κ2) is 5.44. The van der Waals surface area contributed by atoms with Crippen LogP contribution in [0, 0.1) is 11.3 Å². The van der Waals surface area contributed by atoms with E-state index in [-0.39, 0.29) is 30.6 Å². The SMILES string of the molecule is C/C=C1/CN2C3Cc4c([nH]c5ccccc45)[C@@H]2C[C@@H]1[C@@]3(CO)C(=O)OC. The van der Waals surface area contributed by atoms with Gasteiger partial charge in [0.2, 0.25) is 0 Å². The van der Waals surface area contributed by atoms with E-state index in [0.29, 0.717) is 0 Å². The molecule has 0 radical (unpaired) electrons. The van der Waals surface area contributed by atoms with Crippen LogP contribution in [-0.4, -0.2) is 47.3 Å². The number of esters is 1. The molecule has 3 fully saturated rings. The Bertz CT molecular complexity index is 930. The second-order valence-corrected chi connectivity index (χ2v) is 7.81. The van der Waals surface area contributed by atoms with Crippen molar-refractivity contribution in [3.63, 3.8) is 0 Å². The van der Waals surface area contributed by atoms with E-state index in [9.17, 15) is 9.90 Å². The van der Waals surface area contributed by atoms with Gasteiger partial charge in [0.1, 0.15) is 5.41 Å². The van der Waals surface area contributed by atoms with E-state index in [1.165, 1.54) is 29.3 Å². The van der Waals surface area contributed by atoms with Crippen molar-refractivity contribution < 1.29 is 14.6 Å². The molecule has 26 heavy (non-hydrogen) atoms. The average Bonchev–Trinajstić information content (AvgIpc) is 3.06. The molecule has 0 spiro atoms. The number of para-hydroxylation sites is 1. The number of rotatable bonds is 2. The van der Waals surface area contributed by atoms with Crippen LogP contribution in [0.15, 0.2) is 35.9 Å². The number of allylic oxidation sites excluding steroid dienone is 1. The molecule has 5 heterocycles. The van der Waals surface area contributed by atoms with Gasteiger partial charge in [0, 0.05) is 35.1 Å². The van der Waals surface area contributed by atoms with Gasteiger partial charge in [-0.25, -0.2) is 0 Å². The smallest absolute Gasteiger partial charge is 0.316 e. The van der Waals surface area contributed by atoms with Crippen LogP contribution in [0.25, 0.3) is 10.9 Å². The molecule has 5 nitrogen and oxygen atoms in total. The number of nitrogens with one attached hydrogen (secondary N) is 1. The summed E-state index contributed by atoms with van der Waals surface area (Å²) in [5.41, 5.74) is 4.12. The lowest BCUT2D eigenvalue weighted by Crippen LogP contribution is -2.69. The first-order chi connectivity index (χ1) is 12.7. The summed E-state index contributed by atoms with van der Waals surface area (Å²) in [4.78, 5) is 19.0. The number of fused-ring (bicyclic) bond motifs is 4. The molecule has 0 saturated carbocycles. The molecule has 4 bridgehead atoms. The van der Waals surface area contributed by atoms with Crippen molar-refractivity contribution in [2.45, 2.75) is 31.8 Å². The number of carbonyl (C=O) groups is 1. The molecule has 2 aromatic rings. The van der Waals surface area contributed by atoms with Crippen LogP contribution in [0.1, 0.15) is 30.6 Å². The van der Waals surface area contributed by atoms with Crippen LogP contribution in [0.2, 0.25) is 0 Å². The average molecular weight is 352 g/mol. The highest BCUT2D eigenvalue weighted by Gasteiger charge is 2.64. The molecule has 0 aliphatic carbocycles. The van der Waals surface area contributed by atoms with E-state index in [0.717, 1.165) is 24.9 Å². The molecule has 1 aromatic carbocycles. The van der Waals surface area contributed by atoms with Gasteiger partial charge >= 0.3 is 5.97 Å². The first kappa shape index (κ1) is 16.1. The Morgan fingerprint density at radius 3 is 3.00 bits per heavy atom. The zero-order chi connectivity index (χ0) is 18.1. The molecule has 6 rings (SSSR count). The van der Waals surface area contributed by atoms with Crippen molar-refractivity contribution in [3.05, 3.63) is 47.2 Å². The number of hydrogen-bond donors (Lipinski definition) is 2. The van der Waals surface area contributed by atoms with Crippen molar-refractivity contribution in [1.29, 1.82) is 0 Å². The van der Waals surface area contributed by atoms with E-state index in [2.05, 4.69) is 34.2 Å². The Hall–Kier alpha value is -2.11. The van der Waals surface area contributed by atoms with Crippen LogP contribution in [-0.2, 0) is 16.0 Å². The number of H-pyrrole nitrogens is 1. The third-order valence-electron chi connectivity index (χ3n) is 7.06. The summed E-state index contributed by atoms with van der Waals surface area (Å²) in [6.07, 6.45) is 3.72. The largest absolute Gasteiger partial charge is 0.468 e. The van der Waals surface area contributed by atoms with E-state index in [1.807, 2.05) is 13.0 Å². The Labute approximate surface area is 152 Å². The molecule has 0 amide bonds. The molecule has 136 valence electrons. The van der Waals surface area contributed by atoms with Crippen LogP contribution in [0.5, 0.6) is 0 Å². The molecule has 1 aromatic heterocycles. The number of hydrogen-bond acceptors (Lipinski definition) is 4. The normalized spacial score (nSPS) is 36.3. The number of nitrogens with zero attached hydrogens (tertiary/aromatic N) is 1. The fourth-order valence-corrected chi connectivity index (χ4v) is 5.88. The Balaban J connectivity index is 1.73. The minimum Gasteiger partial charge on any atom is -0.468 e. The fourth-order valence-electron chi connectivity index (χ4n) is 5.88. The summed E-state index contributed by atoms with van der Waals surface area (Å²) < 4.78 is 5.22. The van der Waals surface area contributed by atoms with Crippen LogP contribution >= 0.6 is 0 Å². The lowest BCUT2D eigenvalue weighted by molar-refractivity contribution is -0.183. The van der Waals surface area contributed by atoms with E-state index >= 15 is 0 Å². The van der Waals surface area contributed by atoms with E-state index in [1.54, 1.807) is 0 Å². The molecular weight excluding hydrogens is 328 g/mol. The van der Waals surface area contributed by atoms with Gasteiger partial charge in [0.15, 0.2) is 0 Å². The summed E-state index contributed by atoms with van der Waals surface area (Å²) in [5, 5.41) is 11.7. The topological polar surface area (TPSA) is 65.6 Å². The maximum Gasteiger partial charge on any atom is 0.316 e. The predicted octanol–water partition coefficient (Wildman–Crippen LogP) is 2.57. The Kier molecular flexibility index (Phi) is 3.37. The highest BCUT2D eigenvalue weighted by Crippen LogP contribution is 2.59. The molecule has 2 N–H and O–H groups in total. The third-order valence-corrected chi connectivity index (χ3v) is 7.06. The zero-order valence-electron chi connectivity index (χ0n) is 15.2. The van der Waals surface area contributed by atoms with Gasteiger partial charge in [-0.15, -0.1) is 0 Å². The van der Waals surface area contributed by atoms with Crippen molar-refractivity contribution >= 4 is 16.9 Å². The highest BCUT2D eigenvalue weighted by molar-refractivity contribution is 5.86. The first-order valence-electron chi connectivity index (χ1n) is 9.35. The number of aromatic nitrogens is 1. The minimum atomic E-state index is -0.874. The molecule has 5 atom stereocenters. The van der Waals surface area contributed by atoms with Crippen LogP contribution in [0.4, 0.5) is 0 Å². The minimum absolute atomic E-state index is 0.0286. The zero-order valence-corrected chi connectivity index (χ0v) is 15.2. The molecule has 2 unspecified atom stereocenters. The van der Waals surface area contributed by atoms with Crippen molar-refractivity contribution in [2.24, 2.45) is 11.3 Å². The molecular formula is C21H24N2O3. The van der Waals surface area contributed by atoms with Gasteiger partial charge in [-0.1, -0.05) is 29.8 Å². The van der Waals surface area contributed by atoms with E-state index in [4.69, 9.17) is 4.74 Å². The molecule has 4 aliphatic rings. The van der Waals surface area contributed by atoms with Crippen molar-refractivity contribution in [2.75, 3.05) is 20.3 Å². The summed E-state index contributed by atoms with van der Waals surface area (Å²) in [6, 6.07) is 8.61. The van der Waals surface area contributed by atoms with Gasteiger partial charge in [-0.3, -0.25) is 9.69 Å². The second-order valence-electron chi connectivity index (χ2n) is 7.81. The highest BCUT2D eigenvalue weighted by atomic mass is 16.5. The van der Waals surface area contributed by atoms with Gasteiger partial charge < -0.3 is 14.8 Å². The van der Waals surface area contributed by atoms with Gasteiger partial charge in [0.05, 0.1) is 19.8 Å².